The molecule has 20 heavy (non-hydrogen) atoms. The maximum Gasteiger partial charge on any atom is 0.168 e. The molecule has 0 radical (unpaired) electrons. The molecule has 0 aliphatic heterocycles. The summed E-state index contributed by atoms with van der Waals surface area (Å²) in [6, 6.07) is 8.26. The number of aromatic nitrogens is 1. The van der Waals surface area contributed by atoms with Gasteiger partial charge in [0.2, 0.25) is 0 Å². The zero-order valence-corrected chi connectivity index (χ0v) is 12.3. The molecule has 1 unspecified atom stereocenters. The van der Waals surface area contributed by atoms with E-state index in [1.165, 1.54) is 0 Å². The van der Waals surface area contributed by atoms with Crippen molar-refractivity contribution in [2.75, 3.05) is 21.3 Å². The SMILES string of the molecule is CNC(C)c1cc(OC)c(OC)c(-c2cccnc2)c1. The fraction of sp³-hybridized carbons (Fsp3) is 0.312. The Morgan fingerprint density at radius 3 is 2.55 bits per heavy atom. The Morgan fingerprint density at radius 1 is 1.20 bits per heavy atom. The predicted octanol–water partition coefficient (Wildman–Crippen LogP) is 3.05. The van der Waals surface area contributed by atoms with Crippen LogP contribution in [0.15, 0.2) is 36.7 Å². The van der Waals surface area contributed by atoms with Crippen LogP contribution < -0.4 is 14.8 Å². The number of pyridine rings is 1. The average Bonchev–Trinajstić information content (AvgIpc) is 2.53. The van der Waals surface area contributed by atoms with Gasteiger partial charge in [0, 0.05) is 29.6 Å². The topological polar surface area (TPSA) is 43.4 Å². The lowest BCUT2D eigenvalue weighted by Gasteiger charge is -2.18. The summed E-state index contributed by atoms with van der Waals surface area (Å²) in [5.41, 5.74) is 3.13. The Labute approximate surface area is 119 Å². The fourth-order valence-electron chi connectivity index (χ4n) is 2.14. The third kappa shape index (κ3) is 2.75. The van der Waals surface area contributed by atoms with Gasteiger partial charge in [-0.05, 0) is 37.7 Å². The number of benzene rings is 1. The van der Waals surface area contributed by atoms with E-state index in [1.807, 2.05) is 31.4 Å². The van der Waals surface area contributed by atoms with Crippen molar-refractivity contribution in [3.63, 3.8) is 0 Å². The van der Waals surface area contributed by atoms with Gasteiger partial charge in [0.05, 0.1) is 14.2 Å². The maximum atomic E-state index is 5.52. The van der Waals surface area contributed by atoms with Gasteiger partial charge in [0.1, 0.15) is 0 Å². The van der Waals surface area contributed by atoms with Gasteiger partial charge in [0.15, 0.2) is 11.5 Å². The number of methoxy groups -OCH3 is 2. The molecule has 0 saturated heterocycles. The van der Waals surface area contributed by atoms with E-state index in [1.54, 1.807) is 20.4 Å². The molecule has 1 heterocycles. The fourth-order valence-corrected chi connectivity index (χ4v) is 2.14. The molecule has 0 saturated carbocycles. The molecule has 4 heteroatoms. The van der Waals surface area contributed by atoms with Gasteiger partial charge in [0.25, 0.3) is 0 Å². The van der Waals surface area contributed by atoms with E-state index in [0.29, 0.717) is 0 Å². The molecule has 2 rings (SSSR count). The summed E-state index contributed by atoms with van der Waals surface area (Å²) in [4.78, 5) is 4.17. The molecule has 0 fully saturated rings. The molecular weight excluding hydrogens is 252 g/mol. The second kappa shape index (κ2) is 6.39. The number of rotatable bonds is 5. The number of ether oxygens (including phenoxy) is 2. The first kappa shape index (κ1) is 14.3. The molecule has 1 aromatic carbocycles. The van der Waals surface area contributed by atoms with Gasteiger partial charge in [-0.2, -0.15) is 0 Å². The summed E-state index contributed by atoms with van der Waals surface area (Å²) >= 11 is 0. The zero-order valence-electron chi connectivity index (χ0n) is 12.3. The van der Waals surface area contributed by atoms with Crippen LogP contribution in [0, 0.1) is 0 Å². The zero-order chi connectivity index (χ0) is 14.5. The third-order valence-electron chi connectivity index (χ3n) is 3.41. The van der Waals surface area contributed by atoms with E-state index in [4.69, 9.17) is 9.47 Å². The first-order chi connectivity index (χ1) is 9.71. The van der Waals surface area contributed by atoms with Gasteiger partial charge >= 0.3 is 0 Å². The van der Waals surface area contributed by atoms with Crippen LogP contribution in [0.4, 0.5) is 0 Å². The molecule has 0 amide bonds. The smallest absolute Gasteiger partial charge is 0.168 e. The predicted molar refractivity (Wildman–Crippen MR) is 80.3 cm³/mol. The van der Waals surface area contributed by atoms with Crippen molar-refractivity contribution in [3.05, 3.63) is 42.2 Å². The van der Waals surface area contributed by atoms with Crippen LogP contribution in [-0.4, -0.2) is 26.3 Å². The minimum atomic E-state index is 0.227. The molecule has 106 valence electrons. The van der Waals surface area contributed by atoms with Crippen molar-refractivity contribution in [2.24, 2.45) is 0 Å². The lowest BCUT2D eigenvalue weighted by atomic mass is 9.99. The number of hydrogen-bond donors (Lipinski definition) is 1. The molecule has 0 aliphatic rings. The first-order valence-electron chi connectivity index (χ1n) is 6.54. The van der Waals surface area contributed by atoms with Crippen LogP contribution in [0.3, 0.4) is 0 Å². The normalized spacial score (nSPS) is 12.0. The highest BCUT2D eigenvalue weighted by atomic mass is 16.5. The standard InChI is InChI=1S/C16H20N2O2/c1-11(17-2)13-8-14(12-6-5-7-18-10-12)16(20-4)15(9-13)19-3/h5-11,17H,1-4H3. The second-order valence-electron chi connectivity index (χ2n) is 4.56. The van der Waals surface area contributed by atoms with Crippen molar-refractivity contribution >= 4 is 0 Å². The summed E-state index contributed by atoms with van der Waals surface area (Å²) < 4.78 is 11.0. The largest absolute Gasteiger partial charge is 0.493 e. The van der Waals surface area contributed by atoms with Crippen molar-refractivity contribution < 1.29 is 9.47 Å². The highest BCUT2D eigenvalue weighted by Gasteiger charge is 2.16. The van der Waals surface area contributed by atoms with Gasteiger partial charge in [-0.3, -0.25) is 4.98 Å². The molecule has 1 N–H and O–H groups in total. The lowest BCUT2D eigenvalue weighted by molar-refractivity contribution is 0.355. The van der Waals surface area contributed by atoms with Crippen molar-refractivity contribution in [2.45, 2.75) is 13.0 Å². The molecule has 0 bridgehead atoms. The van der Waals surface area contributed by atoms with Crippen molar-refractivity contribution in [3.8, 4) is 22.6 Å². The van der Waals surface area contributed by atoms with Crippen LogP contribution in [0.1, 0.15) is 18.5 Å². The molecule has 4 nitrogen and oxygen atoms in total. The lowest BCUT2D eigenvalue weighted by Crippen LogP contribution is -2.12. The van der Waals surface area contributed by atoms with Crippen LogP contribution in [-0.2, 0) is 0 Å². The van der Waals surface area contributed by atoms with E-state index in [9.17, 15) is 0 Å². The minimum Gasteiger partial charge on any atom is -0.493 e. The second-order valence-corrected chi connectivity index (χ2v) is 4.56. The Balaban J connectivity index is 2.63. The quantitative estimate of drug-likeness (QED) is 0.908. The van der Waals surface area contributed by atoms with Crippen molar-refractivity contribution in [1.82, 2.24) is 10.3 Å². The molecular formula is C16H20N2O2. The Kier molecular flexibility index (Phi) is 4.58. The summed E-state index contributed by atoms with van der Waals surface area (Å²) in [5, 5.41) is 3.24. The highest BCUT2D eigenvalue weighted by Crippen LogP contribution is 2.40. The van der Waals surface area contributed by atoms with Gasteiger partial charge < -0.3 is 14.8 Å². The summed E-state index contributed by atoms with van der Waals surface area (Å²) in [7, 11) is 5.24. The van der Waals surface area contributed by atoms with E-state index in [2.05, 4.69) is 23.3 Å². The minimum absolute atomic E-state index is 0.227. The number of nitrogens with one attached hydrogen (secondary N) is 1. The summed E-state index contributed by atoms with van der Waals surface area (Å²) in [5.74, 6) is 1.46. The van der Waals surface area contributed by atoms with Crippen LogP contribution in [0.25, 0.3) is 11.1 Å². The maximum absolute atomic E-state index is 5.52. The molecule has 0 spiro atoms. The Bertz CT molecular complexity index is 570. The van der Waals surface area contributed by atoms with E-state index < -0.39 is 0 Å². The number of nitrogens with zero attached hydrogens (tertiary/aromatic N) is 1. The van der Waals surface area contributed by atoms with Gasteiger partial charge in [-0.25, -0.2) is 0 Å². The average molecular weight is 272 g/mol. The van der Waals surface area contributed by atoms with Gasteiger partial charge in [-0.15, -0.1) is 0 Å². The highest BCUT2D eigenvalue weighted by molar-refractivity contribution is 5.74. The van der Waals surface area contributed by atoms with E-state index in [-0.39, 0.29) is 6.04 Å². The Morgan fingerprint density at radius 2 is 2.00 bits per heavy atom. The molecule has 1 aromatic heterocycles. The summed E-state index contributed by atoms with van der Waals surface area (Å²) in [6.45, 7) is 2.11. The van der Waals surface area contributed by atoms with Crippen molar-refractivity contribution in [1.29, 1.82) is 0 Å². The Hall–Kier alpha value is -2.07. The summed E-state index contributed by atoms with van der Waals surface area (Å²) in [6.07, 6.45) is 3.58. The number of hydrogen-bond acceptors (Lipinski definition) is 4. The van der Waals surface area contributed by atoms with Crippen LogP contribution >= 0.6 is 0 Å². The van der Waals surface area contributed by atoms with E-state index >= 15 is 0 Å². The van der Waals surface area contributed by atoms with Crippen LogP contribution in [0.2, 0.25) is 0 Å². The molecule has 1 atom stereocenters. The molecule has 2 aromatic rings. The van der Waals surface area contributed by atoms with Gasteiger partial charge in [-0.1, -0.05) is 6.07 Å². The third-order valence-corrected chi connectivity index (χ3v) is 3.41. The van der Waals surface area contributed by atoms with Crippen LogP contribution in [0.5, 0.6) is 11.5 Å². The molecule has 0 aliphatic carbocycles. The monoisotopic (exact) mass is 272 g/mol. The van der Waals surface area contributed by atoms with E-state index in [0.717, 1.165) is 28.2 Å². The first-order valence-corrected chi connectivity index (χ1v) is 6.54.